The zero-order valence-corrected chi connectivity index (χ0v) is 5.44. The summed E-state index contributed by atoms with van der Waals surface area (Å²) >= 11 is 5.63. The largest absolute Gasteiger partial charge is 0.115 e. The molecule has 0 nitrogen and oxygen atoms in total. The van der Waals surface area contributed by atoms with Crippen LogP contribution in [0.3, 0.4) is 0 Å². The molecule has 0 bridgehead atoms. The first-order valence-electron chi connectivity index (χ1n) is 2.47. The van der Waals surface area contributed by atoms with Crippen molar-refractivity contribution in [2.75, 3.05) is 0 Å². The van der Waals surface area contributed by atoms with Gasteiger partial charge in [0.2, 0.25) is 0 Å². The average Bonchev–Trinajstić information content (AvgIpc) is 1.89. The molecule has 43 valence electrons. The maximum atomic E-state index is 5.63. The highest BCUT2D eigenvalue weighted by Gasteiger charge is 1.90. The zero-order valence-electron chi connectivity index (χ0n) is 4.69. The molecule has 0 aliphatic rings. The lowest BCUT2D eigenvalue weighted by Gasteiger charge is -1.89. The van der Waals surface area contributed by atoms with Crippen LogP contribution in [-0.2, 0) is 0 Å². The number of rotatable bonds is 0. The summed E-state index contributed by atoms with van der Waals surface area (Å²) in [6.07, 6.45) is 5.10. The van der Waals surface area contributed by atoms with E-state index >= 15 is 0 Å². The van der Waals surface area contributed by atoms with Gasteiger partial charge in [0.25, 0.3) is 0 Å². The highest BCUT2D eigenvalue weighted by molar-refractivity contribution is 6.31. The van der Waals surface area contributed by atoms with E-state index in [-0.39, 0.29) is 0 Å². The van der Waals surface area contributed by atoms with E-state index in [0.717, 1.165) is 0 Å². The van der Waals surface area contributed by atoms with Crippen LogP contribution >= 0.6 is 11.6 Å². The minimum absolute atomic E-state index is 0.514. The molecule has 0 atom stereocenters. The fourth-order valence-corrected chi connectivity index (χ4v) is 0.709. The molecule has 1 rings (SSSR count). The maximum absolute atomic E-state index is 5.63. The third-order valence-corrected chi connectivity index (χ3v) is 1.27. The number of benzene rings is 1. The van der Waals surface area contributed by atoms with Gasteiger partial charge < -0.3 is 0 Å². The summed E-state index contributed by atoms with van der Waals surface area (Å²) in [5.41, 5.74) is 0.694. The summed E-state index contributed by atoms with van der Waals surface area (Å²) in [5.74, 6) is 2.43. The molecule has 0 saturated carbocycles. The third kappa shape index (κ3) is 1.25. The van der Waals surface area contributed by atoms with Crippen molar-refractivity contribution in [2.24, 2.45) is 0 Å². The molecule has 1 heteroatoms. The number of halogens is 1. The average molecular weight is 136 g/mol. The van der Waals surface area contributed by atoms with Crippen molar-refractivity contribution in [3.8, 4) is 12.3 Å². The summed E-state index contributed by atoms with van der Waals surface area (Å²) < 4.78 is 0. The lowest BCUT2D eigenvalue weighted by molar-refractivity contribution is 1.63. The van der Waals surface area contributed by atoms with Crippen molar-refractivity contribution in [1.82, 2.24) is 0 Å². The van der Waals surface area contributed by atoms with E-state index in [0.29, 0.717) is 10.6 Å². The van der Waals surface area contributed by atoms with Crippen LogP contribution in [0, 0.1) is 18.4 Å². The Labute approximate surface area is 59.5 Å². The van der Waals surface area contributed by atoms with Gasteiger partial charge in [-0.15, -0.1) is 6.42 Å². The Hall–Kier alpha value is -0.930. The highest BCUT2D eigenvalue weighted by atomic mass is 35.5. The predicted octanol–water partition coefficient (Wildman–Crippen LogP) is 2.12. The molecule has 0 heterocycles. The summed E-state index contributed by atoms with van der Waals surface area (Å²) in [5, 5.41) is 0.514. The van der Waals surface area contributed by atoms with Gasteiger partial charge in [0, 0.05) is 11.6 Å². The van der Waals surface area contributed by atoms with Crippen LogP contribution < -0.4 is 0 Å². The highest BCUT2D eigenvalue weighted by Crippen LogP contribution is 2.11. The van der Waals surface area contributed by atoms with Crippen LogP contribution in [0.15, 0.2) is 18.2 Å². The summed E-state index contributed by atoms with van der Waals surface area (Å²) in [7, 11) is 0. The van der Waals surface area contributed by atoms with Crippen LogP contribution in [0.25, 0.3) is 0 Å². The second-order valence-electron chi connectivity index (χ2n) is 1.54. The summed E-state index contributed by atoms with van der Waals surface area (Å²) in [4.78, 5) is 0. The van der Waals surface area contributed by atoms with E-state index in [1.165, 1.54) is 0 Å². The molecule has 1 aromatic rings. The molecule has 1 aromatic carbocycles. The first-order valence-corrected chi connectivity index (χ1v) is 2.85. The van der Waals surface area contributed by atoms with E-state index in [9.17, 15) is 0 Å². The molecule has 0 unspecified atom stereocenters. The Morgan fingerprint density at radius 1 is 1.67 bits per heavy atom. The van der Waals surface area contributed by atoms with Crippen molar-refractivity contribution < 1.29 is 0 Å². The van der Waals surface area contributed by atoms with Crippen molar-refractivity contribution in [2.45, 2.75) is 0 Å². The van der Waals surface area contributed by atoms with Gasteiger partial charge in [0.05, 0.1) is 5.02 Å². The van der Waals surface area contributed by atoms with Gasteiger partial charge in [-0.2, -0.15) is 0 Å². The fraction of sp³-hybridized carbons (Fsp3) is 0. The lowest BCUT2D eigenvalue weighted by atomic mass is 10.2. The molecule has 9 heavy (non-hydrogen) atoms. The molecule has 1 radical (unpaired) electrons. The summed E-state index contributed by atoms with van der Waals surface area (Å²) in [6.45, 7) is 0. The minimum Gasteiger partial charge on any atom is -0.115 e. The standard InChI is InChI=1S/C8H4Cl/c1-2-7-5-3-4-6-8(7)9/h1,3-5H. The van der Waals surface area contributed by atoms with E-state index in [1.54, 1.807) is 18.2 Å². The van der Waals surface area contributed by atoms with E-state index < -0.39 is 0 Å². The van der Waals surface area contributed by atoms with Gasteiger partial charge in [-0.25, -0.2) is 0 Å². The van der Waals surface area contributed by atoms with Gasteiger partial charge in [0.1, 0.15) is 0 Å². The second-order valence-corrected chi connectivity index (χ2v) is 1.92. The molecular formula is C8H4Cl. The minimum atomic E-state index is 0.514. The maximum Gasteiger partial charge on any atom is 0.0641 e. The Morgan fingerprint density at radius 2 is 2.44 bits per heavy atom. The lowest BCUT2D eigenvalue weighted by Crippen LogP contribution is -1.72. The third-order valence-electron chi connectivity index (χ3n) is 0.961. The van der Waals surface area contributed by atoms with E-state index in [4.69, 9.17) is 18.0 Å². The first kappa shape index (κ1) is 6.19. The van der Waals surface area contributed by atoms with Gasteiger partial charge in [0.15, 0.2) is 0 Å². The zero-order chi connectivity index (χ0) is 6.69. The molecule has 0 fully saturated rings. The van der Waals surface area contributed by atoms with Crippen LogP contribution in [-0.4, -0.2) is 0 Å². The van der Waals surface area contributed by atoms with Gasteiger partial charge in [-0.05, 0) is 6.07 Å². The van der Waals surface area contributed by atoms with Crippen molar-refractivity contribution in [3.05, 3.63) is 34.9 Å². The molecule has 0 spiro atoms. The number of hydrogen-bond donors (Lipinski definition) is 0. The second kappa shape index (κ2) is 2.57. The van der Waals surface area contributed by atoms with Gasteiger partial charge in [-0.1, -0.05) is 29.7 Å². The topological polar surface area (TPSA) is 0 Å². The molecular weight excluding hydrogens is 132 g/mol. The van der Waals surface area contributed by atoms with Crippen molar-refractivity contribution >= 4 is 11.6 Å². The molecule has 0 amide bonds. The Bertz CT molecular complexity index is 245. The molecule has 0 aromatic heterocycles. The van der Waals surface area contributed by atoms with Crippen molar-refractivity contribution in [1.29, 1.82) is 0 Å². The summed E-state index contributed by atoms with van der Waals surface area (Å²) in [6, 6.07) is 8.08. The van der Waals surface area contributed by atoms with Crippen LogP contribution in [0.5, 0.6) is 0 Å². The normalized spacial score (nSPS) is 8.44. The molecule has 0 saturated heterocycles. The monoisotopic (exact) mass is 135 g/mol. The number of terminal acetylenes is 1. The van der Waals surface area contributed by atoms with Crippen LogP contribution in [0.4, 0.5) is 0 Å². The first-order chi connectivity index (χ1) is 4.34. The van der Waals surface area contributed by atoms with Gasteiger partial charge >= 0.3 is 0 Å². The Balaban J connectivity index is 3.20. The van der Waals surface area contributed by atoms with E-state index in [1.807, 2.05) is 0 Å². The Morgan fingerprint density at radius 3 is 2.89 bits per heavy atom. The molecule has 0 aliphatic heterocycles. The van der Waals surface area contributed by atoms with Crippen LogP contribution in [0.1, 0.15) is 5.56 Å². The predicted molar refractivity (Wildman–Crippen MR) is 38.2 cm³/mol. The quantitative estimate of drug-likeness (QED) is 0.478. The fourth-order valence-electron chi connectivity index (χ4n) is 0.528. The smallest absolute Gasteiger partial charge is 0.0641 e. The molecule has 0 aliphatic carbocycles. The van der Waals surface area contributed by atoms with E-state index in [2.05, 4.69) is 12.0 Å². The van der Waals surface area contributed by atoms with Crippen molar-refractivity contribution in [3.63, 3.8) is 0 Å². The van der Waals surface area contributed by atoms with Gasteiger partial charge in [-0.3, -0.25) is 0 Å². The molecule has 0 N–H and O–H groups in total. The number of hydrogen-bond acceptors (Lipinski definition) is 0. The SMILES string of the molecule is C#Cc1ccc[c]c1Cl. The Kier molecular flexibility index (Phi) is 1.77. The van der Waals surface area contributed by atoms with Crippen LogP contribution in [0.2, 0.25) is 5.02 Å².